The van der Waals surface area contributed by atoms with E-state index < -0.39 is 24.1 Å². The van der Waals surface area contributed by atoms with Gasteiger partial charge in [0, 0.05) is 19.6 Å². The lowest BCUT2D eigenvalue weighted by atomic mass is 10.0. The Hall–Kier alpha value is -1.37. The molecule has 0 aromatic carbocycles. The number of β-amino-alcohol motifs (C(OH)–C–C–N with tert-alkyl or cyclic N) is 1. The molecule has 3 atom stereocenters. The second kappa shape index (κ2) is 34.1. The van der Waals surface area contributed by atoms with Crippen LogP contribution in [0.4, 0.5) is 4.79 Å². The molecule has 1 heterocycles. The number of carbonyl (C=O) groups is 1. The molecule has 1 fully saturated rings. The van der Waals surface area contributed by atoms with Crippen molar-refractivity contribution in [3.8, 4) is 0 Å². The van der Waals surface area contributed by atoms with Crippen molar-refractivity contribution in [2.75, 3.05) is 19.8 Å². The summed E-state index contributed by atoms with van der Waals surface area (Å²) in [6.45, 7) is 11.6. The van der Waals surface area contributed by atoms with Gasteiger partial charge < -0.3 is 19.3 Å². The van der Waals surface area contributed by atoms with Crippen LogP contribution in [0.5, 0.6) is 0 Å². The molecule has 0 aliphatic carbocycles. The first-order valence-electron chi connectivity index (χ1n) is 22.5. The van der Waals surface area contributed by atoms with Crippen LogP contribution in [0, 0.1) is 0 Å². The van der Waals surface area contributed by atoms with E-state index in [4.69, 9.17) is 14.2 Å². The Morgan fingerprint density at radius 1 is 0.615 bits per heavy atom. The molecule has 0 spiro atoms. The van der Waals surface area contributed by atoms with E-state index in [1.807, 2.05) is 20.8 Å². The Balaban J connectivity index is 2.29. The molecular formula is C46H87NO5. The van der Waals surface area contributed by atoms with Gasteiger partial charge in [0.25, 0.3) is 0 Å². The van der Waals surface area contributed by atoms with Gasteiger partial charge in [0.2, 0.25) is 0 Å². The van der Waals surface area contributed by atoms with E-state index in [0.717, 1.165) is 32.1 Å². The second-order valence-corrected chi connectivity index (χ2v) is 16.6. The molecule has 1 aliphatic heterocycles. The smallest absolute Gasteiger partial charge is 0.410 e. The number of hydrogen-bond donors (Lipinski definition) is 1. The highest BCUT2D eigenvalue weighted by Crippen LogP contribution is 2.26. The topological polar surface area (TPSA) is 68.2 Å². The van der Waals surface area contributed by atoms with Crippen LogP contribution in [-0.4, -0.2) is 59.9 Å². The van der Waals surface area contributed by atoms with Gasteiger partial charge in [-0.1, -0.05) is 173 Å². The molecule has 52 heavy (non-hydrogen) atoms. The lowest BCUT2D eigenvalue weighted by molar-refractivity contribution is -0.173. The van der Waals surface area contributed by atoms with Crippen molar-refractivity contribution in [1.29, 1.82) is 0 Å². The number of unbranched alkanes of at least 4 members (excludes halogenated alkanes) is 24. The summed E-state index contributed by atoms with van der Waals surface area (Å²) in [4.78, 5) is 14.7. The number of aliphatic hydroxyl groups is 1. The van der Waals surface area contributed by atoms with E-state index >= 15 is 0 Å². The van der Waals surface area contributed by atoms with E-state index in [0.29, 0.717) is 19.6 Å². The van der Waals surface area contributed by atoms with Crippen LogP contribution >= 0.6 is 0 Å². The molecule has 6 nitrogen and oxygen atoms in total. The quantitative estimate of drug-likeness (QED) is 0.0399. The highest BCUT2D eigenvalue weighted by molar-refractivity contribution is 5.69. The van der Waals surface area contributed by atoms with Gasteiger partial charge in [-0.3, -0.25) is 4.90 Å². The predicted octanol–water partition coefficient (Wildman–Crippen LogP) is 13.8. The molecule has 0 aromatic rings. The van der Waals surface area contributed by atoms with Gasteiger partial charge in [-0.15, -0.1) is 0 Å². The zero-order chi connectivity index (χ0) is 38.0. The molecule has 0 saturated carbocycles. The first-order valence-corrected chi connectivity index (χ1v) is 22.5. The van der Waals surface area contributed by atoms with Gasteiger partial charge >= 0.3 is 6.09 Å². The molecule has 1 rings (SSSR count). The molecule has 3 unspecified atom stereocenters. The SMILES string of the molecule is CCCCCC=CCC=CCCCCCCCCOC(OCCCCCCCCCCCCCCCCCC)C1CC(O)CN1C(=O)OC(C)(C)C. The van der Waals surface area contributed by atoms with Crippen LogP contribution in [0.2, 0.25) is 0 Å². The second-order valence-electron chi connectivity index (χ2n) is 16.6. The van der Waals surface area contributed by atoms with E-state index in [2.05, 4.69) is 38.2 Å². The van der Waals surface area contributed by atoms with Gasteiger partial charge in [0.1, 0.15) is 5.60 Å². The number of rotatable bonds is 35. The molecule has 6 heteroatoms. The number of amides is 1. The maximum atomic E-state index is 13.1. The Labute approximate surface area is 323 Å². The van der Waals surface area contributed by atoms with Crippen LogP contribution in [-0.2, 0) is 14.2 Å². The average Bonchev–Trinajstić information content (AvgIpc) is 3.50. The van der Waals surface area contributed by atoms with Crippen molar-refractivity contribution in [3.05, 3.63) is 24.3 Å². The summed E-state index contributed by atoms with van der Waals surface area (Å²) in [7, 11) is 0. The Morgan fingerprint density at radius 3 is 1.44 bits per heavy atom. The van der Waals surface area contributed by atoms with E-state index in [1.165, 1.54) is 148 Å². The average molecular weight is 734 g/mol. The van der Waals surface area contributed by atoms with Crippen LogP contribution in [0.25, 0.3) is 0 Å². The lowest BCUT2D eigenvalue weighted by Gasteiger charge is -2.32. The minimum absolute atomic E-state index is 0.257. The zero-order valence-corrected chi connectivity index (χ0v) is 35.2. The molecule has 1 N–H and O–H groups in total. The summed E-state index contributed by atoms with van der Waals surface area (Å²) in [5.41, 5.74) is -0.596. The fraction of sp³-hybridized carbons (Fsp3) is 0.891. The predicted molar refractivity (Wildman–Crippen MR) is 222 cm³/mol. The van der Waals surface area contributed by atoms with Gasteiger partial charge in [-0.05, 0) is 65.7 Å². The fourth-order valence-corrected chi connectivity index (χ4v) is 7.04. The maximum absolute atomic E-state index is 13.1. The van der Waals surface area contributed by atoms with Crippen molar-refractivity contribution in [2.45, 2.75) is 245 Å². The van der Waals surface area contributed by atoms with E-state index in [9.17, 15) is 9.90 Å². The number of ether oxygens (including phenoxy) is 3. The van der Waals surface area contributed by atoms with E-state index in [1.54, 1.807) is 4.90 Å². The molecule has 1 amide bonds. The standard InChI is InChI=1S/C46H87NO5/c1-6-8-10-12-14-16-18-20-22-24-26-28-30-32-34-36-38-50-44(43-40-42(48)41-47(43)45(49)52-46(3,4)5)51-39-37-35-33-31-29-27-25-23-21-19-17-15-13-11-9-7-2/h14,16,20,22,42-44,48H,6-13,15,17-19,21,23-41H2,1-5H3. The van der Waals surface area contributed by atoms with Crippen molar-refractivity contribution >= 4 is 6.09 Å². The highest BCUT2D eigenvalue weighted by Gasteiger charge is 2.42. The summed E-state index contributed by atoms with van der Waals surface area (Å²) in [5.74, 6) is 0. The number of carbonyl (C=O) groups excluding carboxylic acids is 1. The minimum Gasteiger partial charge on any atom is -0.444 e. The van der Waals surface area contributed by atoms with Gasteiger partial charge in [-0.25, -0.2) is 4.79 Å². The third kappa shape index (κ3) is 29.0. The number of nitrogens with zero attached hydrogens (tertiary/aromatic N) is 1. The van der Waals surface area contributed by atoms with E-state index in [-0.39, 0.29) is 12.6 Å². The Morgan fingerprint density at radius 2 is 1.00 bits per heavy atom. The van der Waals surface area contributed by atoms with Gasteiger partial charge in [-0.2, -0.15) is 0 Å². The third-order valence-electron chi connectivity index (χ3n) is 10.2. The maximum Gasteiger partial charge on any atom is 0.410 e. The number of likely N-dealkylation sites (tertiary alicyclic amines) is 1. The molecule has 1 aliphatic rings. The largest absolute Gasteiger partial charge is 0.444 e. The summed E-state index contributed by atoms with van der Waals surface area (Å²) in [5, 5.41) is 10.5. The molecule has 306 valence electrons. The number of allylic oxidation sites excluding steroid dienone is 4. The summed E-state index contributed by atoms with van der Waals surface area (Å²) >= 11 is 0. The summed E-state index contributed by atoms with van der Waals surface area (Å²) in [6, 6.07) is -0.337. The number of hydrogen-bond acceptors (Lipinski definition) is 5. The normalized spacial score (nSPS) is 17.2. The monoisotopic (exact) mass is 734 g/mol. The van der Waals surface area contributed by atoms with Crippen molar-refractivity contribution in [3.63, 3.8) is 0 Å². The molecule has 0 aromatic heterocycles. The lowest BCUT2D eigenvalue weighted by Crippen LogP contribution is -2.47. The van der Waals surface area contributed by atoms with Crippen molar-refractivity contribution in [2.24, 2.45) is 0 Å². The summed E-state index contributed by atoms with van der Waals surface area (Å²) < 4.78 is 18.4. The van der Waals surface area contributed by atoms with Crippen LogP contribution in [0.15, 0.2) is 24.3 Å². The highest BCUT2D eigenvalue weighted by atomic mass is 16.7. The number of aliphatic hydroxyl groups excluding tert-OH is 1. The first kappa shape index (κ1) is 48.6. The Kier molecular flexibility index (Phi) is 31.9. The van der Waals surface area contributed by atoms with Crippen molar-refractivity contribution < 1.29 is 24.1 Å². The first-order chi connectivity index (χ1) is 25.3. The Bertz CT molecular complexity index is 852. The summed E-state index contributed by atoms with van der Waals surface area (Å²) in [6.07, 6.45) is 44.1. The molecule has 1 saturated heterocycles. The molecule has 0 bridgehead atoms. The molecular weight excluding hydrogens is 647 g/mol. The minimum atomic E-state index is -0.596. The molecule has 0 radical (unpaired) electrons. The fourth-order valence-electron chi connectivity index (χ4n) is 7.04. The van der Waals surface area contributed by atoms with Crippen LogP contribution in [0.3, 0.4) is 0 Å². The van der Waals surface area contributed by atoms with Gasteiger partial charge in [0.05, 0.1) is 18.7 Å². The van der Waals surface area contributed by atoms with Crippen molar-refractivity contribution in [1.82, 2.24) is 4.90 Å². The zero-order valence-electron chi connectivity index (χ0n) is 35.2. The third-order valence-corrected chi connectivity index (χ3v) is 10.2. The van der Waals surface area contributed by atoms with Crippen LogP contribution < -0.4 is 0 Å². The van der Waals surface area contributed by atoms with Crippen LogP contribution in [0.1, 0.15) is 221 Å². The van der Waals surface area contributed by atoms with Gasteiger partial charge in [0.15, 0.2) is 6.29 Å².